The Kier molecular flexibility index (Phi) is 6.34. The van der Waals surface area contributed by atoms with E-state index in [0.29, 0.717) is 0 Å². The maximum Gasteiger partial charge on any atom is 0.0474 e. The van der Waals surface area contributed by atoms with E-state index in [4.69, 9.17) is 4.74 Å². The Bertz CT molecular complexity index is 105. The van der Waals surface area contributed by atoms with Crippen molar-refractivity contribution in [2.24, 2.45) is 0 Å². The molecule has 3 heteroatoms. The van der Waals surface area contributed by atoms with Gasteiger partial charge in [0.2, 0.25) is 0 Å². The van der Waals surface area contributed by atoms with Gasteiger partial charge >= 0.3 is 0 Å². The van der Waals surface area contributed by atoms with Crippen LogP contribution in [-0.4, -0.2) is 39.4 Å². The molecule has 0 bridgehead atoms. The van der Waals surface area contributed by atoms with Gasteiger partial charge in [0.1, 0.15) is 0 Å². The molecule has 0 radical (unpaired) electrons. The van der Waals surface area contributed by atoms with Gasteiger partial charge in [-0.2, -0.15) is 0 Å². The van der Waals surface area contributed by atoms with Crippen LogP contribution in [0.3, 0.4) is 0 Å². The fraction of sp³-hybridized carbons (Fsp3) is 1.00. The molecule has 0 aliphatic rings. The van der Waals surface area contributed by atoms with Gasteiger partial charge in [-0.15, -0.1) is 0 Å². The predicted molar refractivity (Wildman–Crippen MR) is 52.5 cm³/mol. The highest BCUT2D eigenvalue weighted by molar-refractivity contribution is 4.78. The Morgan fingerprint density at radius 1 is 1.33 bits per heavy atom. The van der Waals surface area contributed by atoms with Gasteiger partial charge in [0.25, 0.3) is 0 Å². The number of ether oxygens (including phenoxy) is 1. The smallest absolute Gasteiger partial charge is 0.0474 e. The van der Waals surface area contributed by atoms with Crippen molar-refractivity contribution in [3.05, 3.63) is 0 Å². The number of hydrogen-bond donors (Lipinski definition) is 2. The second-order valence-electron chi connectivity index (χ2n) is 3.69. The first kappa shape index (κ1) is 11.9. The van der Waals surface area contributed by atoms with Gasteiger partial charge in [0, 0.05) is 25.8 Å². The quantitative estimate of drug-likeness (QED) is 0.555. The standard InChI is InChI=1S/C9H22N2O/c1-9(2,8-10-3)11-6-5-7-12-4/h10-11H,5-8H2,1-4H3. The lowest BCUT2D eigenvalue weighted by Crippen LogP contribution is -2.47. The number of nitrogens with one attached hydrogen (secondary N) is 2. The molecule has 0 heterocycles. The lowest BCUT2D eigenvalue weighted by atomic mass is 10.1. The van der Waals surface area contributed by atoms with Crippen molar-refractivity contribution < 1.29 is 4.74 Å². The van der Waals surface area contributed by atoms with E-state index in [0.717, 1.165) is 26.1 Å². The summed E-state index contributed by atoms with van der Waals surface area (Å²) >= 11 is 0. The van der Waals surface area contributed by atoms with Crippen molar-refractivity contribution >= 4 is 0 Å². The molecule has 3 nitrogen and oxygen atoms in total. The van der Waals surface area contributed by atoms with Crippen LogP contribution in [0.2, 0.25) is 0 Å². The normalized spacial score (nSPS) is 12.0. The van der Waals surface area contributed by atoms with Crippen LogP contribution >= 0.6 is 0 Å². The minimum absolute atomic E-state index is 0.183. The first-order valence-electron chi connectivity index (χ1n) is 4.51. The predicted octanol–water partition coefficient (Wildman–Crippen LogP) is 0.610. The Morgan fingerprint density at radius 3 is 2.50 bits per heavy atom. The summed E-state index contributed by atoms with van der Waals surface area (Å²) in [5, 5.41) is 6.61. The Hall–Kier alpha value is -0.120. The van der Waals surface area contributed by atoms with Crippen LogP contribution in [-0.2, 0) is 4.74 Å². The summed E-state index contributed by atoms with van der Waals surface area (Å²) in [6.07, 6.45) is 1.07. The minimum atomic E-state index is 0.183. The third kappa shape index (κ3) is 6.58. The van der Waals surface area contributed by atoms with Crippen LogP contribution in [0.15, 0.2) is 0 Å². The molecule has 0 aromatic rings. The van der Waals surface area contributed by atoms with Crippen molar-refractivity contribution in [1.29, 1.82) is 0 Å². The van der Waals surface area contributed by atoms with Gasteiger partial charge in [0.15, 0.2) is 0 Å². The molecule has 2 N–H and O–H groups in total. The first-order valence-corrected chi connectivity index (χ1v) is 4.51. The van der Waals surface area contributed by atoms with Crippen LogP contribution < -0.4 is 10.6 Å². The maximum absolute atomic E-state index is 4.96. The van der Waals surface area contributed by atoms with Gasteiger partial charge in [-0.25, -0.2) is 0 Å². The van der Waals surface area contributed by atoms with E-state index in [1.165, 1.54) is 0 Å². The molecule has 0 saturated carbocycles. The molecule has 0 aliphatic heterocycles. The third-order valence-corrected chi connectivity index (χ3v) is 1.75. The van der Waals surface area contributed by atoms with Crippen LogP contribution in [0.25, 0.3) is 0 Å². The largest absolute Gasteiger partial charge is 0.385 e. The maximum atomic E-state index is 4.96. The van der Waals surface area contributed by atoms with Gasteiger partial charge in [-0.05, 0) is 33.9 Å². The van der Waals surface area contributed by atoms with Crippen LogP contribution in [0.4, 0.5) is 0 Å². The first-order chi connectivity index (χ1) is 5.62. The molecule has 0 spiro atoms. The van der Waals surface area contributed by atoms with Gasteiger partial charge < -0.3 is 15.4 Å². The number of methoxy groups -OCH3 is 1. The average Bonchev–Trinajstić information content (AvgIpc) is 1.98. The second-order valence-corrected chi connectivity index (χ2v) is 3.69. The topological polar surface area (TPSA) is 33.3 Å². The summed E-state index contributed by atoms with van der Waals surface area (Å²) in [5.41, 5.74) is 0.183. The molecular weight excluding hydrogens is 152 g/mol. The molecule has 0 aromatic carbocycles. The summed E-state index contributed by atoms with van der Waals surface area (Å²) in [5.74, 6) is 0. The zero-order valence-corrected chi connectivity index (χ0v) is 8.74. The SMILES string of the molecule is CNCC(C)(C)NCCCOC. The molecular formula is C9H22N2O. The van der Waals surface area contributed by atoms with E-state index in [9.17, 15) is 0 Å². The van der Waals surface area contributed by atoms with Gasteiger partial charge in [0.05, 0.1) is 0 Å². The molecule has 0 aromatic heterocycles. The molecule has 0 saturated heterocycles. The molecule has 74 valence electrons. The summed E-state index contributed by atoms with van der Waals surface area (Å²) in [6, 6.07) is 0. The molecule has 0 aliphatic carbocycles. The average molecular weight is 174 g/mol. The van der Waals surface area contributed by atoms with Crippen molar-refractivity contribution in [1.82, 2.24) is 10.6 Å². The molecule has 0 rings (SSSR count). The number of hydrogen-bond acceptors (Lipinski definition) is 3. The molecule has 0 amide bonds. The Labute approximate surface area is 75.9 Å². The Morgan fingerprint density at radius 2 is 2.00 bits per heavy atom. The highest BCUT2D eigenvalue weighted by Gasteiger charge is 2.14. The lowest BCUT2D eigenvalue weighted by molar-refractivity contribution is 0.190. The van der Waals surface area contributed by atoms with Crippen molar-refractivity contribution in [2.45, 2.75) is 25.8 Å². The van der Waals surface area contributed by atoms with Crippen molar-refractivity contribution in [3.8, 4) is 0 Å². The summed E-state index contributed by atoms with van der Waals surface area (Å²) in [4.78, 5) is 0. The van der Waals surface area contributed by atoms with E-state index in [1.807, 2.05) is 7.05 Å². The molecule has 0 fully saturated rings. The van der Waals surface area contributed by atoms with E-state index in [-0.39, 0.29) is 5.54 Å². The summed E-state index contributed by atoms with van der Waals surface area (Å²) in [7, 11) is 3.71. The summed E-state index contributed by atoms with van der Waals surface area (Å²) in [6.45, 7) is 7.22. The highest BCUT2D eigenvalue weighted by atomic mass is 16.5. The lowest BCUT2D eigenvalue weighted by Gasteiger charge is -2.25. The van der Waals surface area contributed by atoms with Crippen LogP contribution in [0.5, 0.6) is 0 Å². The molecule has 0 atom stereocenters. The summed E-state index contributed by atoms with van der Waals surface area (Å²) < 4.78 is 4.96. The minimum Gasteiger partial charge on any atom is -0.385 e. The van der Waals surface area contributed by atoms with E-state index < -0.39 is 0 Å². The monoisotopic (exact) mass is 174 g/mol. The van der Waals surface area contributed by atoms with Crippen LogP contribution in [0, 0.1) is 0 Å². The van der Waals surface area contributed by atoms with Gasteiger partial charge in [-0.3, -0.25) is 0 Å². The Balaban J connectivity index is 3.33. The number of likely N-dealkylation sites (N-methyl/N-ethyl adjacent to an activating group) is 1. The van der Waals surface area contributed by atoms with Crippen molar-refractivity contribution in [2.75, 3.05) is 33.9 Å². The highest BCUT2D eigenvalue weighted by Crippen LogP contribution is 1.98. The zero-order valence-electron chi connectivity index (χ0n) is 8.74. The van der Waals surface area contributed by atoms with Crippen molar-refractivity contribution in [3.63, 3.8) is 0 Å². The fourth-order valence-electron chi connectivity index (χ4n) is 1.15. The van der Waals surface area contributed by atoms with E-state index in [1.54, 1.807) is 7.11 Å². The number of rotatable bonds is 7. The zero-order chi connectivity index (χ0) is 9.45. The third-order valence-electron chi connectivity index (χ3n) is 1.75. The van der Waals surface area contributed by atoms with Gasteiger partial charge in [-0.1, -0.05) is 0 Å². The van der Waals surface area contributed by atoms with E-state index in [2.05, 4.69) is 24.5 Å². The van der Waals surface area contributed by atoms with Crippen LogP contribution in [0.1, 0.15) is 20.3 Å². The second kappa shape index (κ2) is 6.40. The fourth-order valence-corrected chi connectivity index (χ4v) is 1.15. The van der Waals surface area contributed by atoms with E-state index >= 15 is 0 Å². The molecule has 0 unspecified atom stereocenters. The molecule has 12 heavy (non-hydrogen) atoms.